The molecule has 4 heteroatoms. The molecule has 0 spiro atoms. The zero-order chi connectivity index (χ0) is 10.7. The predicted octanol–water partition coefficient (Wildman–Crippen LogP) is 1.25. The van der Waals surface area contributed by atoms with E-state index in [4.69, 9.17) is 5.11 Å². The maximum absolute atomic E-state index is 8.95. The SMILES string of the molecule is CCn1cncc1Cn1ccc(CO)c1. The smallest absolute Gasteiger partial charge is 0.0948 e. The highest BCUT2D eigenvalue weighted by Gasteiger charge is 2.01. The van der Waals surface area contributed by atoms with Crippen molar-refractivity contribution >= 4 is 0 Å². The summed E-state index contributed by atoms with van der Waals surface area (Å²) in [6, 6.07) is 1.92. The summed E-state index contributed by atoms with van der Waals surface area (Å²) in [4.78, 5) is 4.12. The lowest BCUT2D eigenvalue weighted by molar-refractivity contribution is 0.281. The summed E-state index contributed by atoms with van der Waals surface area (Å²) in [5.74, 6) is 0. The Labute approximate surface area is 88.8 Å². The van der Waals surface area contributed by atoms with Crippen molar-refractivity contribution in [3.8, 4) is 0 Å². The van der Waals surface area contributed by atoms with Crippen molar-refractivity contribution in [2.24, 2.45) is 0 Å². The number of aliphatic hydroxyl groups excluding tert-OH is 1. The minimum absolute atomic E-state index is 0.0973. The van der Waals surface area contributed by atoms with Crippen molar-refractivity contribution in [1.29, 1.82) is 0 Å². The number of aliphatic hydroxyl groups is 1. The molecule has 4 nitrogen and oxygen atoms in total. The van der Waals surface area contributed by atoms with Gasteiger partial charge in [0, 0.05) is 25.1 Å². The lowest BCUT2D eigenvalue weighted by atomic mass is 10.4. The van der Waals surface area contributed by atoms with Crippen LogP contribution in [0.25, 0.3) is 0 Å². The Morgan fingerprint density at radius 3 is 3.00 bits per heavy atom. The summed E-state index contributed by atoms with van der Waals surface area (Å²) in [5.41, 5.74) is 2.12. The van der Waals surface area contributed by atoms with Gasteiger partial charge in [0.05, 0.1) is 25.2 Å². The van der Waals surface area contributed by atoms with E-state index in [0.717, 1.165) is 18.7 Å². The third-order valence-electron chi connectivity index (χ3n) is 2.48. The van der Waals surface area contributed by atoms with E-state index in [1.54, 1.807) is 0 Å². The van der Waals surface area contributed by atoms with Crippen LogP contribution in [0.3, 0.4) is 0 Å². The first kappa shape index (κ1) is 9.98. The molecule has 0 bridgehead atoms. The Hall–Kier alpha value is -1.55. The third-order valence-corrected chi connectivity index (χ3v) is 2.48. The fraction of sp³-hybridized carbons (Fsp3) is 0.364. The van der Waals surface area contributed by atoms with Gasteiger partial charge in [-0.05, 0) is 18.6 Å². The lowest BCUT2D eigenvalue weighted by Gasteiger charge is -2.05. The number of hydrogen-bond donors (Lipinski definition) is 1. The van der Waals surface area contributed by atoms with Crippen molar-refractivity contribution in [2.75, 3.05) is 0 Å². The molecule has 1 N–H and O–H groups in total. The summed E-state index contributed by atoms with van der Waals surface area (Å²) in [7, 11) is 0. The molecule has 0 aliphatic carbocycles. The van der Waals surface area contributed by atoms with Gasteiger partial charge in [-0.15, -0.1) is 0 Å². The zero-order valence-corrected chi connectivity index (χ0v) is 8.80. The van der Waals surface area contributed by atoms with Crippen LogP contribution in [0.2, 0.25) is 0 Å². The van der Waals surface area contributed by atoms with Gasteiger partial charge < -0.3 is 14.2 Å². The van der Waals surface area contributed by atoms with Gasteiger partial charge in [0.15, 0.2) is 0 Å². The van der Waals surface area contributed by atoms with Crippen molar-refractivity contribution in [1.82, 2.24) is 14.1 Å². The standard InChI is InChI=1S/C11H15N3O/c1-2-14-9-12-5-11(14)7-13-4-3-10(6-13)8-15/h3-6,9,15H,2,7-8H2,1H3. The van der Waals surface area contributed by atoms with E-state index in [1.807, 2.05) is 31.0 Å². The molecule has 0 fully saturated rings. The van der Waals surface area contributed by atoms with E-state index in [0.29, 0.717) is 0 Å². The topological polar surface area (TPSA) is 43.0 Å². The molecule has 0 atom stereocenters. The van der Waals surface area contributed by atoms with Gasteiger partial charge in [0.1, 0.15) is 0 Å². The molecule has 0 amide bonds. The van der Waals surface area contributed by atoms with Crippen LogP contribution in [0, 0.1) is 0 Å². The molecule has 15 heavy (non-hydrogen) atoms. The highest BCUT2D eigenvalue weighted by atomic mass is 16.3. The fourth-order valence-corrected chi connectivity index (χ4v) is 1.63. The first-order valence-corrected chi connectivity index (χ1v) is 5.08. The van der Waals surface area contributed by atoms with Gasteiger partial charge in [-0.3, -0.25) is 0 Å². The largest absolute Gasteiger partial charge is 0.392 e. The molecule has 0 aliphatic rings. The second-order valence-electron chi connectivity index (χ2n) is 3.52. The van der Waals surface area contributed by atoms with E-state index >= 15 is 0 Å². The summed E-state index contributed by atoms with van der Waals surface area (Å²) < 4.78 is 4.16. The molecule has 2 rings (SSSR count). The van der Waals surface area contributed by atoms with Crippen molar-refractivity contribution < 1.29 is 5.11 Å². The minimum atomic E-state index is 0.0973. The Bertz CT molecular complexity index is 430. The van der Waals surface area contributed by atoms with Gasteiger partial charge in [0.25, 0.3) is 0 Å². The number of aromatic nitrogens is 3. The van der Waals surface area contributed by atoms with E-state index in [-0.39, 0.29) is 6.61 Å². The second-order valence-corrected chi connectivity index (χ2v) is 3.52. The van der Waals surface area contributed by atoms with Gasteiger partial charge in [-0.2, -0.15) is 0 Å². The molecule has 2 aromatic rings. The van der Waals surface area contributed by atoms with Crippen LogP contribution in [0.15, 0.2) is 31.0 Å². The van der Waals surface area contributed by atoms with Gasteiger partial charge >= 0.3 is 0 Å². The summed E-state index contributed by atoms with van der Waals surface area (Å²) in [6.07, 6.45) is 7.64. The van der Waals surface area contributed by atoms with E-state index in [2.05, 4.69) is 21.0 Å². The average molecular weight is 205 g/mol. The van der Waals surface area contributed by atoms with Gasteiger partial charge in [0.2, 0.25) is 0 Å². The Morgan fingerprint density at radius 1 is 1.47 bits per heavy atom. The van der Waals surface area contributed by atoms with Crippen molar-refractivity contribution in [3.05, 3.63) is 42.2 Å². The second kappa shape index (κ2) is 4.31. The van der Waals surface area contributed by atoms with Crippen molar-refractivity contribution in [2.45, 2.75) is 26.6 Å². The minimum Gasteiger partial charge on any atom is -0.392 e. The first-order valence-electron chi connectivity index (χ1n) is 5.08. The molecule has 0 unspecified atom stereocenters. The van der Waals surface area contributed by atoms with Crippen LogP contribution in [-0.4, -0.2) is 19.2 Å². The Balaban J connectivity index is 2.14. The van der Waals surface area contributed by atoms with Crippen LogP contribution >= 0.6 is 0 Å². The normalized spacial score (nSPS) is 10.8. The molecule has 0 saturated heterocycles. The van der Waals surface area contributed by atoms with E-state index in [9.17, 15) is 0 Å². The zero-order valence-electron chi connectivity index (χ0n) is 8.80. The molecular formula is C11H15N3O. The van der Waals surface area contributed by atoms with Crippen LogP contribution in [-0.2, 0) is 19.7 Å². The maximum Gasteiger partial charge on any atom is 0.0948 e. The molecule has 0 aromatic carbocycles. The van der Waals surface area contributed by atoms with Crippen LogP contribution < -0.4 is 0 Å². The number of hydrogen-bond acceptors (Lipinski definition) is 2. The number of nitrogens with zero attached hydrogens (tertiary/aromatic N) is 3. The summed E-state index contributed by atoms with van der Waals surface area (Å²) >= 11 is 0. The number of aryl methyl sites for hydroxylation is 1. The molecular weight excluding hydrogens is 190 g/mol. The molecule has 0 radical (unpaired) electrons. The number of imidazole rings is 1. The predicted molar refractivity (Wildman–Crippen MR) is 57.4 cm³/mol. The molecule has 0 aliphatic heterocycles. The highest BCUT2D eigenvalue weighted by molar-refractivity contribution is 5.11. The Kier molecular flexibility index (Phi) is 2.87. The number of rotatable bonds is 4. The molecule has 0 saturated carbocycles. The monoisotopic (exact) mass is 205 g/mol. The molecule has 80 valence electrons. The van der Waals surface area contributed by atoms with Gasteiger partial charge in [-0.25, -0.2) is 4.98 Å². The van der Waals surface area contributed by atoms with Crippen molar-refractivity contribution in [3.63, 3.8) is 0 Å². The average Bonchev–Trinajstić information content (AvgIpc) is 2.87. The highest BCUT2D eigenvalue weighted by Crippen LogP contribution is 2.06. The quantitative estimate of drug-likeness (QED) is 0.816. The third kappa shape index (κ3) is 2.10. The Morgan fingerprint density at radius 2 is 2.33 bits per heavy atom. The fourth-order valence-electron chi connectivity index (χ4n) is 1.63. The summed E-state index contributed by atoms with van der Waals surface area (Å²) in [5, 5.41) is 8.95. The summed E-state index contributed by atoms with van der Waals surface area (Å²) in [6.45, 7) is 3.93. The van der Waals surface area contributed by atoms with Crippen LogP contribution in [0.4, 0.5) is 0 Å². The van der Waals surface area contributed by atoms with E-state index in [1.165, 1.54) is 5.69 Å². The maximum atomic E-state index is 8.95. The van der Waals surface area contributed by atoms with Gasteiger partial charge in [-0.1, -0.05) is 0 Å². The van der Waals surface area contributed by atoms with E-state index < -0.39 is 0 Å². The van der Waals surface area contributed by atoms with Crippen LogP contribution in [0.5, 0.6) is 0 Å². The molecule has 2 aromatic heterocycles. The first-order chi connectivity index (χ1) is 7.33. The van der Waals surface area contributed by atoms with Crippen LogP contribution in [0.1, 0.15) is 18.2 Å². The molecule has 2 heterocycles. The lowest BCUT2D eigenvalue weighted by Crippen LogP contribution is -2.04.